The summed E-state index contributed by atoms with van der Waals surface area (Å²) >= 11 is 3.41. The van der Waals surface area contributed by atoms with Crippen LogP contribution in [0.5, 0.6) is 11.5 Å². The lowest BCUT2D eigenvalue weighted by Gasteiger charge is -2.16. The molecule has 0 N–H and O–H groups in total. The highest BCUT2D eigenvalue weighted by molar-refractivity contribution is 9.10. The van der Waals surface area contributed by atoms with Crippen molar-refractivity contribution in [1.82, 2.24) is 0 Å². The zero-order valence-electron chi connectivity index (χ0n) is 16.6. The van der Waals surface area contributed by atoms with Crippen LogP contribution in [0.4, 0.5) is 0 Å². The van der Waals surface area contributed by atoms with E-state index in [1.807, 2.05) is 32.0 Å². The van der Waals surface area contributed by atoms with E-state index in [2.05, 4.69) is 41.6 Å². The molecule has 0 aromatic heterocycles. The molecule has 1 atom stereocenters. The fourth-order valence-corrected chi connectivity index (χ4v) is 3.19. The first-order chi connectivity index (χ1) is 13.4. The highest BCUT2D eigenvalue weighted by atomic mass is 79.9. The number of nitriles is 1. The molecule has 2 aromatic rings. The van der Waals surface area contributed by atoms with E-state index in [1.54, 1.807) is 18.2 Å². The minimum absolute atomic E-state index is 0.157. The van der Waals surface area contributed by atoms with Crippen LogP contribution in [-0.2, 0) is 11.2 Å². The van der Waals surface area contributed by atoms with E-state index in [4.69, 9.17) is 19.5 Å². The Labute approximate surface area is 175 Å². The number of benzene rings is 2. The van der Waals surface area contributed by atoms with Crippen molar-refractivity contribution in [2.75, 3.05) is 13.2 Å². The largest absolute Gasteiger partial charge is 0.489 e. The van der Waals surface area contributed by atoms with E-state index in [1.165, 1.54) is 5.56 Å². The van der Waals surface area contributed by atoms with Gasteiger partial charge in [0.25, 0.3) is 0 Å². The van der Waals surface area contributed by atoms with Crippen LogP contribution in [0.15, 0.2) is 59.1 Å². The Morgan fingerprint density at radius 2 is 1.86 bits per heavy atom. The zero-order chi connectivity index (χ0) is 20.5. The monoisotopic (exact) mass is 443 g/mol. The molecule has 0 heterocycles. The lowest BCUT2D eigenvalue weighted by molar-refractivity contribution is 0.0194. The summed E-state index contributed by atoms with van der Waals surface area (Å²) < 4.78 is 18.1. The quantitative estimate of drug-likeness (QED) is 0.442. The summed E-state index contributed by atoms with van der Waals surface area (Å²) in [6.45, 7) is 10.9. The normalized spacial score (nSPS) is 11.7. The summed E-state index contributed by atoms with van der Waals surface area (Å²) in [6.07, 6.45) is 1.21. The van der Waals surface area contributed by atoms with E-state index >= 15 is 0 Å². The molecule has 2 aromatic carbocycles. The van der Waals surface area contributed by atoms with Crippen LogP contribution >= 0.6 is 15.9 Å². The van der Waals surface area contributed by atoms with Gasteiger partial charge in [-0.15, -0.1) is 0 Å². The van der Waals surface area contributed by atoms with Crippen molar-refractivity contribution < 1.29 is 14.2 Å². The summed E-state index contributed by atoms with van der Waals surface area (Å²) in [6, 6.07) is 15.3. The first kappa shape index (κ1) is 22.0. The molecule has 0 amide bonds. The van der Waals surface area contributed by atoms with Gasteiger partial charge in [0.05, 0.1) is 28.3 Å². The SMILES string of the molecule is C=C(COc1cccc(CC(C)OC(C)C)c1)COc1ccc(C#N)cc1Br. The molecular formula is C23H26BrNO3. The van der Waals surface area contributed by atoms with E-state index < -0.39 is 0 Å². The van der Waals surface area contributed by atoms with Crippen LogP contribution in [0.25, 0.3) is 0 Å². The van der Waals surface area contributed by atoms with E-state index in [0.29, 0.717) is 24.5 Å². The molecule has 0 aliphatic heterocycles. The number of rotatable bonds is 10. The standard InChI is InChI=1S/C23H26BrNO3/c1-16(2)28-18(4)10-19-6-5-7-21(11-19)26-14-17(3)15-27-23-9-8-20(13-25)12-22(23)24/h5-9,11-12,16,18H,3,10,14-15H2,1-2,4H3. The Balaban J connectivity index is 1.82. The molecule has 0 saturated heterocycles. The lowest BCUT2D eigenvalue weighted by atomic mass is 10.1. The van der Waals surface area contributed by atoms with Crippen molar-refractivity contribution in [1.29, 1.82) is 5.26 Å². The van der Waals surface area contributed by atoms with Gasteiger partial charge < -0.3 is 14.2 Å². The van der Waals surface area contributed by atoms with E-state index in [0.717, 1.165) is 22.2 Å². The van der Waals surface area contributed by atoms with Gasteiger partial charge in [-0.3, -0.25) is 0 Å². The smallest absolute Gasteiger partial charge is 0.134 e. The van der Waals surface area contributed by atoms with Gasteiger partial charge in [-0.25, -0.2) is 0 Å². The van der Waals surface area contributed by atoms with Crippen LogP contribution < -0.4 is 9.47 Å². The number of hydrogen-bond acceptors (Lipinski definition) is 4. The Hall–Kier alpha value is -2.29. The molecule has 28 heavy (non-hydrogen) atoms. The second kappa shape index (κ2) is 10.9. The Morgan fingerprint density at radius 3 is 2.54 bits per heavy atom. The molecule has 0 aliphatic rings. The van der Waals surface area contributed by atoms with Crippen molar-refractivity contribution in [3.63, 3.8) is 0 Å². The molecule has 5 heteroatoms. The highest BCUT2D eigenvalue weighted by Crippen LogP contribution is 2.26. The summed E-state index contributed by atoms with van der Waals surface area (Å²) in [5.41, 5.74) is 2.57. The van der Waals surface area contributed by atoms with Gasteiger partial charge in [0.15, 0.2) is 0 Å². The van der Waals surface area contributed by atoms with Gasteiger partial charge in [0.1, 0.15) is 24.7 Å². The third kappa shape index (κ3) is 7.38. The molecule has 2 rings (SSSR count). The second-order valence-corrected chi connectivity index (χ2v) is 7.79. The van der Waals surface area contributed by atoms with Crippen molar-refractivity contribution >= 4 is 15.9 Å². The molecule has 0 saturated carbocycles. The van der Waals surface area contributed by atoms with Crippen molar-refractivity contribution in [2.45, 2.75) is 39.4 Å². The predicted molar refractivity (Wildman–Crippen MR) is 115 cm³/mol. The Bertz CT molecular complexity index is 842. The molecule has 0 fully saturated rings. The molecule has 0 radical (unpaired) electrons. The second-order valence-electron chi connectivity index (χ2n) is 6.93. The zero-order valence-corrected chi connectivity index (χ0v) is 18.2. The summed E-state index contributed by atoms with van der Waals surface area (Å²) in [7, 11) is 0. The number of hydrogen-bond donors (Lipinski definition) is 0. The fourth-order valence-electron chi connectivity index (χ4n) is 2.70. The maximum Gasteiger partial charge on any atom is 0.134 e. The minimum Gasteiger partial charge on any atom is -0.489 e. The maximum atomic E-state index is 8.91. The molecular weight excluding hydrogens is 418 g/mol. The third-order valence-corrected chi connectivity index (χ3v) is 4.48. The first-order valence-electron chi connectivity index (χ1n) is 9.23. The Morgan fingerprint density at radius 1 is 1.11 bits per heavy atom. The summed E-state index contributed by atoms with van der Waals surface area (Å²) in [4.78, 5) is 0. The summed E-state index contributed by atoms with van der Waals surface area (Å²) in [5, 5.41) is 8.91. The van der Waals surface area contributed by atoms with Crippen LogP contribution in [0.2, 0.25) is 0 Å². The minimum atomic E-state index is 0.157. The third-order valence-electron chi connectivity index (χ3n) is 3.86. The average Bonchev–Trinajstić information content (AvgIpc) is 2.64. The molecule has 0 aliphatic carbocycles. The molecule has 1 unspecified atom stereocenters. The Kier molecular flexibility index (Phi) is 8.56. The molecule has 4 nitrogen and oxygen atoms in total. The van der Waals surface area contributed by atoms with Gasteiger partial charge in [0.2, 0.25) is 0 Å². The van der Waals surface area contributed by atoms with E-state index in [9.17, 15) is 0 Å². The van der Waals surface area contributed by atoms with Crippen LogP contribution in [0, 0.1) is 11.3 Å². The van der Waals surface area contributed by atoms with Crippen LogP contribution in [0.1, 0.15) is 31.9 Å². The van der Waals surface area contributed by atoms with Gasteiger partial charge in [-0.05, 0) is 84.6 Å². The maximum absolute atomic E-state index is 8.91. The number of nitrogens with zero attached hydrogens (tertiary/aromatic N) is 1. The highest BCUT2D eigenvalue weighted by Gasteiger charge is 2.08. The van der Waals surface area contributed by atoms with Gasteiger partial charge in [0, 0.05) is 0 Å². The van der Waals surface area contributed by atoms with Gasteiger partial charge >= 0.3 is 0 Å². The molecule has 0 bridgehead atoms. The summed E-state index contributed by atoms with van der Waals surface area (Å²) in [5.74, 6) is 1.47. The van der Waals surface area contributed by atoms with Crippen LogP contribution in [-0.4, -0.2) is 25.4 Å². The number of halogens is 1. The number of ether oxygens (including phenoxy) is 3. The van der Waals surface area contributed by atoms with E-state index in [-0.39, 0.29) is 12.2 Å². The molecule has 0 spiro atoms. The first-order valence-corrected chi connectivity index (χ1v) is 10.0. The average molecular weight is 444 g/mol. The van der Waals surface area contributed by atoms with Crippen LogP contribution in [0.3, 0.4) is 0 Å². The van der Waals surface area contributed by atoms with Crippen molar-refractivity contribution in [2.24, 2.45) is 0 Å². The fraction of sp³-hybridized carbons (Fsp3) is 0.348. The van der Waals surface area contributed by atoms with Crippen molar-refractivity contribution in [3.8, 4) is 17.6 Å². The molecule has 148 valence electrons. The topological polar surface area (TPSA) is 51.5 Å². The van der Waals surface area contributed by atoms with Crippen molar-refractivity contribution in [3.05, 3.63) is 70.2 Å². The lowest BCUT2D eigenvalue weighted by Crippen LogP contribution is -2.16. The predicted octanol–water partition coefficient (Wildman–Crippen LogP) is 5.69. The van der Waals surface area contributed by atoms with Gasteiger partial charge in [-0.1, -0.05) is 18.7 Å². The van der Waals surface area contributed by atoms with Gasteiger partial charge in [-0.2, -0.15) is 5.26 Å².